The molecule has 0 saturated heterocycles. The van der Waals surface area contributed by atoms with E-state index in [1.807, 2.05) is 62.4 Å². The van der Waals surface area contributed by atoms with Gasteiger partial charge >= 0.3 is 0 Å². The van der Waals surface area contributed by atoms with Crippen molar-refractivity contribution >= 4 is 23.4 Å². The molecule has 128 valence electrons. The number of rotatable bonds is 6. The number of aryl methyl sites for hydroxylation is 2. The highest BCUT2D eigenvalue weighted by atomic mass is 32.2. The van der Waals surface area contributed by atoms with Crippen molar-refractivity contribution in [2.45, 2.75) is 19.6 Å². The van der Waals surface area contributed by atoms with Crippen molar-refractivity contribution in [3.8, 4) is 11.5 Å². The Hall–Kier alpha value is -2.60. The Labute approximate surface area is 150 Å². The first-order chi connectivity index (χ1) is 12.1. The Kier molecular flexibility index (Phi) is 5.50. The summed E-state index contributed by atoms with van der Waals surface area (Å²) < 4.78 is 5.28. The van der Waals surface area contributed by atoms with Crippen LogP contribution in [0.15, 0.2) is 53.1 Å². The van der Waals surface area contributed by atoms with Crippen molar-refractivity contribution < 1.29 is 9.32 Å². The molecule has 3 rings (SSSR count). The van der Waals surface area contributed by atoms with Crippen LogP contribution in [0.5, 0.6) is 0 Å². The fourth-order valence-corrected chi connectivity index (χ4v) is 2.94. The average Bonchev–Trinajstić information content (AvgIpc) is 3.04. The minimum Gasteiger partial charge on any atom is -0.334 e. The molecule has 0 atom stereocenters. The summed E-state index contributed by atoms with van der Waals surface area (Å²) in [7, 11) is 0. The summed E-state index contributed by atoms with van der Waals surface area (Å²) in [6.07, 6.45) is 0. The third-order valence-corrected chi connectivity index (χ3v) is 4.46. The Balaban J connectivity index is 1.49. The number of carbonyl (C=O) groups is 1. The molecule has 25 heavy (non-hydrogen) atoms. The van der Waals surface area contributed by atoms with Gasteiger partial charge in [0.25, 0.3) is 5.89 Å². The zero-order valence-corrected chi connectivity index (χ0v) is 15.0. The minimum atomic E-state index is -0.0437. The highest BCUT2D eigenvalue weighted by Gasteiger charge is 2.10. The van der Waals surface area contributed by atoms with Crippen LogP contribution in [0.3, 0.4) is 0 Å². The molecule has 0 bridgehead atoms. The van der Waals surface area contributed by atoms with E-state index in [1.165, 1.54) is 17.3 Å². The first kappa shape index (κ1) is 17.2. The molecule has 0 radical (unpaired) electrons. The van der Waals surface area contributed by atoms with Crippen LogP contribution in [0.4, 0.5) is 5.69 Å². The maximum absolute atomic E-state index is 12.0. The smallest absolute Gasteiger partial charge is 0.257 e. The largest absolute Gasteiger partial charge is 0.334 e. The summed E-state index contributed by atoms with van der Waals surface area (Å²) in [6.45, 7) is 4.02. The average molecular weight is 353 g/mol. The standard InChI is InChI=1S/C19H19N3O2S/c1-13-6-8-15(9-7-13)19-21-17(22-24-19)11-25-12-18(23)20-16-5-3-4-14(2)10-16/h3-10H,11-12H2,1-2H3,(H,20,23). The molecule has 3 aromatic rings. The van der Waals surface area contributed by atoms with Crippen molar-refractivity contribution in [2.24, 2.45) is 0 Å². The van der Waals surface area contributed by atoms with E-state index in [0.717, 1.165) is 16.8 Å². The molecule has 6 heteroatoms. The Bertz CT molecular complexity index is 859. The number of thioether (sulfide) groups is 1. The van der Waals surface area contributed by atoms with E-state index < -0.39 is 0 Å². The summed E-state index contributed by atoms with van der Waals surface area (Å²) in [5.41, 5.74) is 4.00. The molecule has 0 aliphatic rings. The zero-order valence-electron chi connectivity index (χ0n) is 14.2. The Morgan fingerprint density at radius 3 is 2.68 bits per heavy atom. The summed E-state index contributed by atoms with van der Waals surface area (Å²) in [6, 6.07) is 15.6. The molecule has 0 aliphatic carbocycles. The first-order valence-electron chi connectivity index (χ1n) is 7.94. The molecule has 5 nitrogen and oxygen atoms in total. The van der Waals surface area contributed by atoms with Gasteiger partial charge in [0, 0.05) is 11.3 Å². The van der Waals surface area contributed by atoms with Gasteiger partial charge in [0.1, 0.15) is 0 Å². The molecular formula is C19H19N3O2S. The molecule has 0 fully saturated rings. The van der Waals surface area contributed by atoms with Crippen LogP contribution < -0.4 is 5.32 Å². The fourth-order valence-electron chi connectivity index (χ4n) is 2.28. The lowest BCUT2D eigenvalue weighted by atomic mass is 10.1. The van der Waals surface area contributed by atoms with Crippen LogP contribution in [0, 0.1) is 13.8 Å². The van der Waals surface area contributed by atoms with Crippen molar-refractivity contribution in [3.05, 3.63) is 65.5 Å². The van der Waals surface area contributed by atoms with Gasteiger partial charge in [0.05, 0.1) is 11.5 Å². The molecule has 0 aliphatic heterocycles. The number of hydrogen-bond acceptors (Lipinski definition) is 5. The highest BCUT2D eigenvalue weighted by molar-refractivity contribution is 7.99. The quantitative estimate of drug-likeness (QED) is 0.718. The zero-order chi connectivity index (χ0) is 17.6. The number of benzene rings is 2. The highest BCUT2D eigenvalue weighted by Crippen LogP contribution is 2.19. The maximum Gasteiger partial charge on any atom is 0.257 e. The lowest BCUT2D eigenvalue weighted by molar-refractivity contribution is -0.113. The molecule has 0 unspecified atom stereocenters. The topological polar surface area (TPSA) is 68.0 Å². The van der Waals surface area contributed by atoms with Gasteiger partial charge in [0.15, 0.2) is 5.82 Å². The van der Waals surface area contributed by atoms with Crippen LogP contribution in [0.1, 0.15) is 17.0 Å². The predicted molar refractivity (Wildman–Crippen MR) is 100 cm³/mol. The van der Waals surface area contributed by atoms with Crippen molar-refractivity contribution in [1.82, 2.24) is 10.1 Å². The van der Waals surface area contributed by atoms with Crippen LogP contribution in [0.25, 0.3) is 11.5 Å². The summed E-state index contributed by atoms with van der Waals surface area (Å²) in [4.78, 5) is 16.3. The lowest BCUT2D eigenvalue weighted by Gasteiger charge is -2.05. The third-order valence-electron chi connectivity index (χ3n) is 3.53. The van der Waals surface area contributed by atoms with Crippen molar-refractivity contribution in [1.29, 1.82) is 0 Å². The number of carbonyl (C=O) groups excluding carboxylic acids is 1. The molecule has 0 spiro atoms. The number of nitrogens with one attached hydrogen (secondary N) is 1. The number of aromatic nitrogens is 2. The third kappa shape index (κ3) is 4.93. The van der Waals surface area contributed by atoms with Gasteiger partial charge in [-0.25, -0.2) is 0 Å². The fraction of sp³-hybridized carbons (Fsp3) is 0.211. The first-order valence-corrected chi connectivity index (χ1v) is 9.09. The van der Waals surface area contributed by atoms with E-state index in [9.17, 15) is 4.79 Å². The van der Waals surface area contributed by atoms with E-state index in [1.54, 1.807) is 0 Å². The van der Waals surface area contributed by atoms with Crippen LogP contribution in [-0.4, -0.2) is 21.8 Å². The Morgan fingerprint density at radius 2 is 1.92 bits per heavy atom. The minimum absolute atomic E-state index is 0.0437. The monoisotopic (exact) mass is 353 g/mol. The maximum atomic E-state index is 12.0. The normalized spacial score (nSPS) is 10.6. The van der Waals surface area contributed by atoms with Crippen LogP contribution >= 0.6 is 11.8 Å². The van der Waals surface area contributed by atoms with Gasteiger partial charge < -0.3 is 9.84 Å². The second-order valence-corrected chi connectivity index (χ2v) is 6.78. The van der Waals surface area contributed by atoms with Crippen molar-refractivity contribution in [2.75, 3.05) is 11.1 Å². The second kappa shape index (κ2) is 7.98. The molecule has 2 aromatic carbocycles. The van der Waals surface area contributed by atoms with E-state index in [-0.39, 0.29) is 5.91 Å². The van der Waals surface area contributed by atoms with Crippen LogP contribution in [-0.2, 0) is 10.5 Å². The molecule has 1 aromatic heterocycles. The second-order valence-electron chi connectivity index (χ2n) is 5.79. The van der Waals surface area contributed by atoms with E-state index in [4.69, 9.17) is 4.52 Å². The molecule has 0 saturated carbocycles. The van der Waals surface area contributed by atoms with Crippen LogP contribution in [0.2, 0.25) is 0 Å². The van der Waals surface area contributed by atoms with Gasteiger partial charge in [0.2, 0.25) is 5.91 Å². The number of nitrogens with zero attached hydrogens (tertiary/aromatic N) is 2. The van der Waals surface area contributed by atoms with Crippen molar-refractivity contribution in [3.63, 3.8) is 0 Å². The predicted octanol–water partition coefficient (Wildman–Crippen LogP) is 4.23. The molecule has 1 heterocycles. The van der Waals surface area contributed by atoms with E-state index >= 15 is 0 Å². The van der Waals surface area contributed by atoms with E-state index in [2.05, 4.69) is 15.5 Å². The summed E-state index contributed by atoms with van der Waals surface area (Å²) in [5.74, 6) is 1.90. The summed E-state index contributed by atoms with van der Waals surface area (Å²) >= 11 is 1.45. The Morgan fingerprint density at radius 1 is 1.12 bits per heavy atom. The lowest BCUT2D eigenvalue weighted by Crippen LogP contribution is -2.14. The van der Waals surface area contributed by atoms with E-state index in [0.29, 0.717) is 23.2 Å². The number of anilines is 1. The van der Waals surface area contributed by atoms with Gasteiger partial charge in [-0.05, 0) is 43.7 Å². The van der Waals surface area contributed by atoms with Gasteiger partial charge in [-0.2, -0.15) is 4.98 Å². The molecular weight excluding hydrogens is 334 g/mol. The SMILES string of the molecule is Cc1ccc(-c2nc(CSCC(=O)Nc3cccc(C)c3)no2)cc1. The molecule has 1 N–H and O–H groups in total. The molecule has 1 amide bonds. The summed E-state index contributed by atoms with van der Waals surface area (Å²) in [5, 5.41) is 6.85. The van der Waals surface area contributed by atoms with Gasteiger partial charge in [-0.15, -0.1) is 11.8 Å². The number of hydrogen-bond donors (Lipinski definition) is 1. The number of amides is 1. The van der Waals surface area contributed by atoms with Gasteiger partial charge in [-0.1, -0.05) is 35.0 Å². The van der Waals surface area contributed by atoms with Gasteiger partial charge in [-0.3, -0.25) is 4.79 Å².